The van der Waals surface area contributed by atoms with Crippen LogP contribution in [0, 0.1) is 5.82 Å². The van der Waals surface area contributed by atoms with E-state index in [-0.39, 0.29) is 5.82 Å². The van der Waals surface area contributed by atoms with Crippen LogP contribution in [0.5, 0.6) is 5.75 Å². The van der Waals surface area contributed by atoms with Crippen LogP contribution in [0.4, 0.5) is 4.39 Å². The highest BCUT2D eigenvalue weighted by atomic mass is 35.5. The third-order valence-electron chi connectivity index (χ3n) is 2.20. The summed E-state index contributed by atoms with van der Waals surface area (Å²) in [6, 6.07) is 11.1. The van der Waals surface area contributed by atoms with E-state index in [4.69, 9.17) is 27.9 Å². The number of benzene rings is 2. The van der Waals surface area contributed by atoms with Gasteiger partial charge in [0.1, 0.15) is 18.2 Å². The Hall–Kier alpha value is -1.25. The quantitative estimate of drug-likeness (QED) is 0.785. The molecule has 4 heteroatoms. The molecular formula is C13H9Cl2FO. The molecule has 0 amide bonds. The predicted molar refractivity (Wildman–Crippen MR) is 67.2 cm³/mol. The maximum Gasteiger partial charge on any atom is 0.138 e. The van der Waals surface area contributed by atoms with Crippen LogP contribution >= 0.6 is 23.2 Å². The second-order valence-electron chi connectivity index (χ2n) is 3.49. The first-order valence-corrected chi connectivity index (χ1v) is 5.73. The minimum atomic E-state index is -0.265. The van der Waals surface area contributed by atoms with Gasteiger partial charge in [0.2, 0.25) is 0 Å². The molecule has 17 heavy (non-hydrogen) atoms. The van der Waals surface area contributed by atoms with Crippen LogP contribution in [0.1, 0.15) is 5.56 Å². The molecule has 0 atom stereocenters. The van der Waals surface area contributed by atoms with Gasteiger partial charge in [0.25, 0.3) is 0 Å². The Balaban J connectivity index is 2.04. The lowest BCUT2D eigenvalue weighted by Crippen LogP contribution is -1.95. The SMILES string of the molecule is Fc1ccc(COc2ccc(Cl)cc2Cl)cc1. The fourth-order valence-corrected chi connectivity index (χ4v) is 1.80. The average molecular weight is 271 g/mol. The molecule has 0 bridgehead atoms. The van der Waals surface area contributed by atoms with E-state index >= 15 is 0 Å². The van der Waals surface area contributed by atoms with Gasteiger partial charge in [-0.15, -0.1) is 0 Å². The topological polar surface area (TPSA) is 9.23 Å². The van der Waals surface area contributed by atoms with Crippen LogP contribution in [-0.2, 0) is 6.61 Å². The summed E-state index contributed by atoms with van der Waals surface area (Å²) in [7, 11) is 0. The molecule has 0 N–H and O–H groups in total. The molecule has 0 aromatic heterocycles. The predicted octanol–water partition coefficient (Wildman–Crippen LogP) is 4.71. The molecule has 0 unspecified atom stereocenters. The number of halogens is 3. The highest BCUT2D eigenvalue weighted by molar-refractivity contribution is 6.35. The minimum Gasteiger partial charge on any atom is -0.487 e. The Labute approximate surface area is 109 Å². The van der Waals surface area contributed by atoms with Crippen molar-refractivity contribution in [2.75, 3.05) is 0 Å². The van der Waals surface area contributed by atoms with Gasteiger partial charge in [-0.3, -0.25) is 0 Å². The first-order valence-electron chi connectivity index (χ1n) is 4.97. The summed E-state index contributed by atoms with van der Waals surface area (Å²) >= 11 is 11.7. The lowest BCUT2D eigenvalue weighted by Gasteiger charge is -2.08. The zero-order chi connectivity index (χ0) is 12.3. The normalized spacial score (nSPS) is 10.3. The molecule has 0 heterocycles. The largest absolute Gasteiger partial charge is 0.487 e. The second-order valence-corrected chi connectivity index (χ2v) is 4.33. The number of ether oxygens (including phenoxy) is 1. The van der Waals surface area contributed by atoms with Crippen molar-refractivity contribution < 1.29 is 9.13 Å². The van der Waals surface area contributed by atoms with Crippen LogP contribution < -0.4 is 4.74 Å². The van der Waals surface area contributed by atoms with Crippen molar-refractivity contribution in [1.82, 2.24) is 0 Å². The summed E-state index contributed by atoms with van der Waals surface area (Å²) in [6.07, 6.45) is 0. The van der Waals surface area contributed by atoms with E-state index in [9.17, 15) is 4.39 Å². The fraction of sp³-hybridized carbons (Fsp3) is 0.0769. The smallest absolute Gasteiger partial charge is 0.138 e. The van der Waals surface area contributed by atoms with Gasteiger partial charge < -0.3 is 4.74 Å². The lowest BCUT2D eigenvalue weighted by molar-refractivity contribution is 0.306. The highest BCUT2D eigenvalue weighted by Gasteiger charge is 2.02. The van der Waals surface area contributed by atoms with E-state index < -0.39 is 0 Å². The van der Waals surface area contributed by atoms with E-state index in [0.29, 0.717) is 22.4 Å². The summed E-state index contributed by atoms with van der Waals surface area (Å²) in [6.45, 7) is 0.335. The Bertz CT molecular complexity index is 511. The third-order valence-corrected chi connectivity index (χ3v) is 2.73. The maximum absolute atomic E-state index is 12.7. The molecule has 0 fully saturated rings. The van der Waals surface area contributed by atoms with Crippen LogP contribution in [0.15, 0.2) is 42.5 Å². The molecule has 88 valence electrons. The van der Waals surface area contributed by atoms with Gasteiger partial charge in [-0.1, -0.05) is 35.3 Å². The molecule has 1 nitrogen and oxygen atoms in total. The highest BCUT2D eigenvalue weighted by Crippen LogP contribution is 2.28. The van der Waals surface area contributed by atoms with Gasteiger partial charge >= 0.3 is 0 Å². The maximum atomic E-state index is 12.7. The van der Waals surface area contributed by atoms with E-state index in [2.05, 4.69) is 0 Å². The van der Waals surface area contributed by atoms with Gasteiger partial charge in [-0.2, -0.15) is 0 Å². The molecule has 2 aromatic carbocycles. The molecule has 0 aliphatic rings. The first kappa shape index (κ1) is 12.2. The Morgan fingerprint density at radius 3 is 2.35 bits per heavy atom. The Morgan fingerprint density at radius 1 is 1.00 bits per heavy atom. The molecule has 0 saturated heterocycles. The van der Waals surface area contributed by atoms with Crippen molar-refractivity contribution >= 4 is 23.2 Å². The fourth-order valence-electron chi connectivity index (χ4n) is 1.33. The van der Waals surface area contributed by atoms with Crippen molar-refractivity contribution in [3.8, 4) is 5.75 Å². The Morgan fingerprint density at radius 2 is 1.71 bits per heavy atom. The molecule has 2 aromatic rings. The van der Waals surface area contributed by atoms with Gasteiger partial charge in [0.15, 0.2) is 0 Å². The van der Waals surface area contributed by atoms with E-state index in [0.717, 1.165) is 5.56 Å². The monoisotopic (exact) mass is 270 g/mol. The zero-order valence-electron chi connectivity index (χ0n) is 8.79. The van der Waals surface area contributed by atoms with Gasteiger partial charge in [0, 0.05) is 5.02 Å². The van der Waals surface area contributed by atoms with Gasteiger partial charge in [-0.05, 0) is 35.9 Å². The second kappa shape index (κ2) is 5.39. The van der Waals surface area contributed by atoms with Gasteiger partial charge in [0.05, 0.1) is 5.02 Å². The molecule has 0 aliphatic carbocycles. The summed E-state index contributed by atoms with van der Waals surface area (Å²) in [5.41, 5.74) is 0.873. The van der Waals surface area contributed by atoms with Crippen molar-refractivity contribution in [3.05, 3.63) is 63.9 Å². The molecular weight excluding hydrogens is 262 g/mol. The zero-order valence-corrected chi connectivity index (χ0v) is 10.3. The van der Waals surface area contributed by atoms with E-state index in [1.807, 2.05) is 0 Å². The third kappa shape index (κ3) is 3.35. The summed E-state index contributed by atoms with van der Waals surface area (Å²) < 4.78 is 18.2. The van der Waals surface area contributed by atoms with Crippen molar-refractivity contribution in [2.45, 2.75) is 6.61 Å². The van der Waals surface area contributed by atoms with Gasteiger partial charge in [-0.25, -0.2) is 4.39 Å². The first-order chi connectivity index (χ1) is 8.15. The van der Waals surface area contributed by atoms with Crippen LogP contribution in [0.25, 0.3) is 0 Å². The lowest BCUT2D eigenvalue weighted by atomic mass is 10.2. The number of hydrogen-bond acceptors (Lipinski definition) is 1. The molecule has 0 spiro atoms. The Kier molecular flexibility index (Phi) is 3.87. The van der Waals surface area contributed by atoms with Crippen molar-refractivity contribution in [3.63, 3.8) is 0 Å². The van der Waals surface area contributed by atoms with Crippen LogP contribution in [-0.4, -0.2) is 0 Å². The van der Waals surface area contributed by atoms with Crippen LogP contribution in [0.3, 0.4) is 0 Å². The molecule has 2 rings (SSSR count). The summed E-state index contributed by atoms with van der Waals surface area (Å²) in [5.74, 6) is 0.290. The standard InChI is InChI=1S/C13H9Cl2FO/c14-10-3-6-13(12(15)7-10)17-8-9-1-4-11(16)5-2-9/h1-7H,8H2. The minimum absolute atomic E-state index is 0.265. The molecule has 0 aliphatic heterocycles. The van der Waals surface area contributed by atoms with E-state index in [1.165, 1.54) is 12.1 Å². The molecule has 0 saturated carbocycles. The van der Waals surface area contributed by atoms with Crippen molar-refractivity contribution in [2.24, 2.45) is 0 Å². The number of rotatable bonds is 3. The average Bonchev–Trinajstić information content (AvgIpc) is 2.30. The van der Waals surface area contributed by atoms with Crippen molar-refractivity contribution in [1.29, 1.82) is 0 Å². The molecule has 0 radical (unpaired) electrons. The van der Waals surface area contributed by atoms with E-state index in [1.54, 1.807) is 30.3 Å². The van der Waals surface area contributed by atoms with Crippen LogP contribution in [0.2, 0.25) is 10.0 Å². The number of hydrogen-bond donors (Lipinski definition) is 0. The summed E-state index contributed by atoms with van der Waals surface area (Å²) in [4.78, 5) is 0. The summed E-state index contributed by atoms with van der Waals surface area (Å²) in [5, 5.41) is 1.02.